The van der Waals surface area contributed by atoms with Crippen molar-refractivity contribution in [2.45, 2.75) is 5.16 Å². The molecule has 1 aromatic carbocycles. The number of anilines is 1. The first-order valence-electron chi connectivity index (χ1n) is 6.65. The minimum absolute atomic E-state index is 0.157. The third-order valence-electron chi connectivity index (χ3n) is 3.16. The molecular formula is C15H15N5OS. The Labute approximate surface area is 132 Å². The molecule has 0 spiro atoms. The van der Waals surface area contributed by atoms with Crippen LogP contribution in [0, 0.1) is 0 Å². The highest BCUT2D eigenvalue weighted by Crippen LogP contribution is 2.18. The number of imidazole rings is 1. The molecule has 0 atom stereocenters. The van der Waals surface area contributed by atoms with Gasteiger partial charge < -0.3 is 5.32 Å². The van der Waals surface area contributed by atoms with E-state index in [0.29, 0.717) is 11.3 Å². The fraction of sp³-hybridized carbons (Fsp3) is 0.133. The Morgan fingerprint density at radius 1 is 1.27 bits per heavy atom. The van der Waals surface area contributed by atoms with Crippen molar-refractivity contribution in [3.63, 3.8) is 0 Å². The Balaban J connectivity index is 1.78. The van der Waals surface area contributed by atoms with Crippen LogP contribution in [0.25, 0.3) is 5.69 Å². The summed E-state index contributed by atoms with van der Waals surface area (Å²) in [6.07, 6.45) is 9.00. The Morgan fingerprint density at radius 2 is 2.05 bits per heavy atom. The fourth-order valence-corrected chi connectivity index (χ4v) is 2.63. The maximum atomic E-state index is 12.2. The topological polar surface area (TPSA) is 64.7 Å². The lowest BCUT2D eigenvalue weighted by Gasteiger charge is -2.07. The summed E-state index contributed by atoms with van der Waals surface area (Å²) in [6, 6.07) is 7.40. The molecule has 0 aliphatic rings. The lowest BCUT2D eigenvalue weighted by molar-refractivity contribution is 0.102. The molecular weight excluding hydrogens is 298 g/mol. The summed E-state index contributed by atoms with van der Waals surface area (Å²) in [7, 11) is 1.80. The second kappa shape index (κ2) is 6.07. The van der Waals surface area contributed by atoms with Crippen molar-refractivity contribution in [1.29, 1.82) is 0 Å². The molecule has 1 N–H and O–H groups in total. The molecule has 6 nitrogen and oxygen atoms in total. The van der Waals surface area contributed by atoms with Crippen molar-refractivity contribution >= 4 is 23.4 Å². The molecule has 0 aliphatic carbocycles. The normalized spacial score (nSPS) is 10.6. The smallest absolute Gasteiger partial charge is 0.255 e. The van der Waals surface area contributed by atoms with Crippen LogP contribution >= 0.6 is 11.8 Å². The quantitative estimate of drug-likeness (QED) is 0.752. The molecule has 1 amide bonds. The molecule has 112 valence electrons. The third-order valence-corrected chi connectivity index (χ3v) is 3.83. The van der Waals surface area contributed by atoms with Crippen molar-refractivity contribution in [2.75, 3.05) is 11.6 Å². The Hall–Kier alpha value is -2.54. The number of aromatic nitrogens is 4. The van der Waals surface area contributed by atoms with Crippen LogP contribution in [-0.4, -0.2) is 31.5 Å². The van der Waals surface area contributed by atoms with Crippen molar-refractivity contribution in [1.82, 2.24) is 19.3 Å². The third kappa shape index (κ3) is 2.89. The molecule has 3 aromatic rings. The summed E-state index contributed by atoms with van der Waals surface area (Å²) in [5.41, 5.74) is 2.24. The number of aryl methyl sites for hydroxylation is 1. The van der Waals surface area contributed by atoms with E-state index >= 15 is 0 Å². The summed E-state index contributed by atoms with van der Waals surface area (Å²) in [6.45, 7) is 0. The van der Waals surface area contributed by atoms with E-state index in [1.165, 1.54) is 0 Å². The molecule has 7 heteroatoms. The number of carbonyl (C=O) groups excluding carboxylic acids is 1. The lowest BCUT2D eigenvalue weighted by Crippen LogP contribution is -2.11. The van der Waals surface area contributed by atoms with Crippen LogP contribution in [-0.2, 0) is 7.05 Å². The second-order valence-electron chi connectivity index (χ2n) is 4.69. The number of thioether (sulfide) groups is 1. The van der Waals surface area contributed by atoms with Gasteiger partial charge in [-0.15, -0.1) is 0 Å². The number of amides is 1. The van der Waals surface area contributed by atoms with Crippen LogP contribution in [0.5, 0.6) is 0 Å². The van der Waals surface area contributed by atoms with Crippen LogP contribution in [0.2, 0.25) is 0 Å². The molecule has 0 unspecified atom stereocenters. The van der Waals surface area contributed by atoms with E-state index in [1.807, 2.05) is 29.2 Å². The summed E-state index contributed by atoms with van der Waals surface area (Å²) in [5.74, 6) is -0.157. The van der Waals surface area contributed by atoms with Gasteiger partial charge in [0.2, 0.25) is 0 Å². The van der Waals surface area contributed by atoms with E-state index < -0.39 is 0 Å². The predicted octanol–water partition coefficient (Wildman–Crippen LogP) is 2.58. The molecule has 0 saturated carbocycles. The van der Waals surface area contributed by atoms with Crippen LogP contribution in [0.4, 0.5) is 5.69 Å². The van der Waals surface area contributed by atoms with Gasteiger partial charge in [0.15, 0.2) is 5.16 Å². The van der Waals surface area contributed by atoms with Gasteiger partial charge in [-0.3, -0.25) is 14.0 Å². The van der Waals surface area contributed by atoms with Gasteiger partial charge >= 0.3 is 0 Å². The van der Waals surface area contributed by atoms with Crippen LogP contribution < -0.4 is 5.32 Å². The SMILES string of the molecule is CSc1nccn1-c1ccc(C(=O)Nc2cnn(C)c2)cc1. The first-order chi connectivity index (χ1) is 10.7. The van der Waals surface area contributed by atoms with E-state index in [0.717, 1.165) is 10.8 Å². The molecule has 0 radical (unpaired) electrons. The summed E-state index contributed by atoms with van der Waals surface area (Å²) in [4.78, 5) is 16.4. The van der Waals surface area contributed by atoms with Crippen molar-refractivity contribution < 1.29 is 4.79 Å². The highest BCUT2D eigenvalue weighted by molar-refractivity contribution is 7.98. The average Bonchev–Trinajstić information content (AvgIpc) is 3.16. The number of nitrogens with one attached hydrogen (secondary N) is 1. The zero-order valence-electron chi connectivity index (χ0n) is 12.2. The van der Waals surface area contributed by atoms with Gasteiger partial charge in [0, 0.05) is 36.9 Å². The molecule has 0 fully saturated rings. The largest absolute Gasteiger partial charge is 0.319 e. The van der Waals surface area contributed by atoms with Crippen LogP contribution in [0.1, 0.15) is 10.4 Å². The Bertz CT molecular complexity index is 790. The molecule has 0 saturated heterocycles. The number of rotatable bonds is 4. The number of nitrogens with zero attached hydrogens (tertiary/aromatic N) is 4. The Kier molecular flexibility index (Phi) is 3.97. The molecule has 0 aliphatic heterocycles. The zero-order valence-corrected chi connectivity index (χ0v) is 13.0. The van der Waals surface area contributed by atoms with E-state index in [1.54, 1.807) is 54.2 Å². The van der Waals surface area contributed by atoms with Gasteiger partial charge in [0.05, 0.1) is 11.9 Å². The maximum absolute atomic E-state index is 12.2. The zero-order chi connectivity index (χ0) is 15.5. The standard InChI is InChI=1S/C15H15N5OS/c1-19-10-12(9-17-19)18-14(21)11-3-5-13(6-4-11)20-8-7-16-15(20)22-2/h3-10H,1-2H3,(H,18,21). The van der Waals surface area contributed by atoms with Crippen molar-refractivity contribution in [3.05, 3.63) is 54.6 Å². The summed E-state index contributed by atoms with van der Waals surface area (Å²) in [5, 5.41) is 7.74. The lowest BCUT2D eigenvalue weighted by atomic mass is 10.2. The second-order valence-corrected chi connectivity index (χ2v) is 5.46. The predicted molar refractivity (Wildman–Crippen MR) is 86.5 cm³/mol. The van der Waals surface area contributed by atoms with E-state index in [4.69, 9.17) is 0 Å². The number of benzene rings is 1. The molecule has 0 bridgehead atoms. The van der Waals surface area contributed by atoms with Gasteiger partial charge in [-0.1, -0.05) is 11.8 Å². The molecule has 22 heavy (non-hydrogen) atoms. The fourth-order valence-electron chi connectivity index (χ4n) is 2.10. The monoisotopic (exact) mass is 313 g/mol. The molecule has 2 heterocycles. The van der Waals surface area contributed by atoms with Gasteiger partial charge in [0.1, 0.15) is 0 Å². The Morgan fingerprint density at radius 3 is 2.68 bits per heavy atom. The minimum atomic E-state index is -0.157. The highest BCUT2D eigenvalue weighted by atomic mass is 32.2. The highest BCUT2D eigenvalue weighted by Gasteiger charge is 2.08. The van der Waals surface area contributed by atoms with Crippen LogP contribution in [0.3, 0.4) is 0 Å². The van der Waals surface area contributed by atoms with Crippen LogP contribution in [0.15, 0.2) is 54.2 Å². The van der Waals surface area contributed by atoms with Gasteiger partial charge in [-0.2, -0.15) is 5.10 Å². The number of hydrogen-bond donors (Lipinski definition) is 1. The van der Waals surface area contributed by atoms with E-state index in [2.05, 4.69) is 15.4 Å². The molecule has 2 aromatic heterocycles. The van der Waals surface area contributed by atoms with E-state index in [-0.39, 0.29) is 5.91 Å². The van der Waals surface area contributed by atoms with Crippen molar-refractivity contribution in [3.8, 4) is 5.69 Å². The van der Waals surface area contributed by atoms with Gasteiger partial charge in [0.25, 0.3) is 5.91 Å². The van der Waals surface area contributed by atoms with Gasteiger partial charge in [-0.25, -0.2) is 4.98 Å². The summed E-state index contributed by atoms with van der Waals surface area (Å²) < 4.78 is 3.62. The number of carbonyl (C=O) groups is 1. The maximum Gasteiger partial charge on any atom is 0.255 e. The minimum Gasteiger partial charge on any atom is -0.319 e. The van der Waals surface area contributed by atoms with Gasteiger partial charge in [-0.05, 0) is 30.5 Å². The summed E-state index contributed by atoms with van der Waals surface area (Å²) >= 11 is 1.57. The van der Waals surface area contributed by atoms with E-state index in [9.17, 15) is 4.79 Å². The number of hydrogen-bond acceptors (Lipinski definition) is 4. The first-order valence-corrected chi connectivity index (χ1v) is 7.87. The van der Waals surface area contributed by atoms with Crippen molar-refractivity contribution in [2.24, 2.45) is 7.05 Å². The molecule has 3 rings (SSSR count). The average molecular weight is 313 g/mol. The first kappa shape index (κ1) is 14.4.